The Morgan fingerprint density at radius 2 is 2.20 bits per heavy atom. The molecular formula is C4H9Ta. The molecule has 0 aromatic rings. The first kappa shape index (κ1) is 5.74. The second-order valence-electron chi connectivity index (χ2n) is 1.08. The Balaban J connectivity index is 2.19. The van der Waals surface area contributed by atoms with E-state index in [1.54, 1.807) is 21.1 Å². The van der Waals surface area contributed by atoms with E-state index in [4.69, 9.17) is 0 Å². The van der Waals surface area contributed by atoms with E-state index in [2.05, 4.69) is 6.92 Å². The molecule has 0 aliphatic rings. The van der Waals surface area contributed by atoms with Gasteiger partial charge in [0.25, 0.3) is 0 Å². The number of rotatable bonds is 2. The maximum atomic E-state index is 2.23. The van der Waals surface area contributed by atoms with Gasteiger partial charge in [-0.05, 0) is 0 Å². The van der Waals surface area contributed by atoms with E-state index in [0.717, 1.165) is 0 Å². The van der Waals surface area contributed by atoms with Crippen molar-refractivity contribution in [2.45, 2.75) is 24.4 Å². The van der Waals surface area contributed by atoms with Crippen LogP contribution in [-0.4, -0.2) is 0 Å². The van der Waals surface area contributed by atoms with E-state index in [9.17, 15) is 0 Å². The Labute approximate surface area is 45.9 Å². The van der Waals surface area contributed by atoms with Crippen molar-refractivity contribution in [1.29, 1.82) is 0 Å². The molecule has 0 saturated carbocycles. The summed E-state index contributed by atoms with van der Waals surface area (Å²) in [6.45, 7) is 2.23. The quantitative estimate of drug-likeness (QED) is 0.687. The summed E-state index contributed by atoms with van der Waals surface area (Å²) >= 11 is 1.56. The zero-order chi connectivity index (χ0) is 4.12. The van der Waals surface area contributed by atoms with Crippen LogP contribution in [0.2, 0.25) is 4.64 Å². The zero-order valence-electron chi connectivity index (χ0n) is 3.57. The Hall–Kier alpha value is 0.740. The maximum absolute atomic E-state index is 2.23. The normalized spacial score (nSPS) is 8.20. The van der Waals surface area contributed by atoms with Crippen LogP contribution in [0.15, 0.2) is 0 Å². The molecule has 0 bridgehead atoms. The topological polar surface area (TPSA) is 0 Å². The summed E-state index contributed by atoms with van der Waals surface area (Å²) < 4.78 is 1.45. The van der Waals surface area contributed by atoms with Gasteiger partial charge in [-0.3, -0.25) is 0 Å². The van der Waals surface area contributed by atoms with Gasteiger partial charge in [-0.1, -0.05) is 0 Å². The first-order valence-electron chi connectivity index (χ1n) is 2.02. The summed E-state index contributed by atoms with van der Waals surface area (Å²) in [6, 6.07) is 0. The van der Waals surface area contributed by atoms with Gasteiger partial charge in [-0.2, -0.15) is 0 Å². The van der Waals surface area contributed by atoms with Crippen molar-refractivity contribution in [2.24, 2.45) is 0 Å². The van der Waals surface area contributed by atoms with E-state index in [-0.39, 0.29) is 0 Å². The molecule has 0 saturated heterocycles. The van der Waals surface area contributed by atoms with Gasteiger partial charge in [0.2, 0.25) is 0 Å². The molecule has 0 aliphatic carbocycles. The van der Waals surface area contributed by atoms with Crippen LogP contribution in [0.4, 0.5) is 0 Å². The Morgan fingerprint density at radius 3 is 2.20 bits per heavy atom. The third-order valence-electron chi connectivity index (χ3n) is 0.512. The van der Waals surface area contributed by atoms with Crippen molar-refractivity contribution in [3.8, 4) is 0 Å². The third kappa shape index (κ3) is 4.74. The van der Waals surface area contributed by atoms with Crippen LogP contribution in [0.25, 0.3) is 0 Å². The van der Waals surface area contributed by atoms with E-state index in [1.807, 2.05) is 0 Å². The minimum atomic E-state index is 1.37. The molecule has 0 aromatic carbocycles. The van der Waals surface area contributed by atoms with Gasteiger partial charge in [-0.25, -0.2) is 0 Å². The molecule has 0 heterocycles. The molecule has 0 radical (unpaired) electrons. The second kappa shape index (κ2) is 4.74. The van der Waals surface area contributed by atoms with E-state index in [1.165, 1.54) is 17.5 Å². The van der Waals surface area contributed by atoms with Crippen molar-refractivity contribution in [2.75, 3.05) is 0 Å². The molecule has 0 unspecified atom stereocenters. The molecule has 1 heteroatoms. The summed E-state index contributed by atoms with van der Waals surface area (Å²) in [5, 5.41) is 0. The monoisotopic (exact) mass is 238 g/mol. The summed E-state index contributed by atoms with van der Waals surface area (Å²) in [7, 11) is 0. The molecule has 0 N–H and O–H groups in total. The summed E-state index contributed by atoms with van der Waals surface area (Å²) in [4.78, 5) is 0. The Morgan fingerprint density at radius 1 is 1.60 bits per heavy atom. The molecule has 0 aromatic heterocycles. The first-order valence-corrected chi connectivity index (χ1v) is 4.30. The van der Waals surface area contributed by atoms with Gasteiger partial charge >= 0.3 is 45.5 Å². The number of unbranched alkanes of at least 4 members (excludes halogenated alkanes) is 1. The van der Waals surface area contributed by atoms with Crippen LogP contribution in [0.5, 0.6) is 0 Å². The summed E-state index contributed by atoms with van der Waals surface area (Å²) in [6.07, 6.45) is 2.81. The van der Waals surface area contributed by atoms with E-state index in [0.29, 0.717) is 0 Å². The standard InChI is InChI=1S/C4H9.Ta/c1-3-4-2;/h1,3-4H2,2H3;. The fourth-order valence-corrected chi connectivity index (χ4v) is 1.29. The van der Waals surface area contributed by atoms with Crippen LogP contribution < -0.4 is 0 Å². The zero-order valence-corrected chi connectivity index (χ0v) is 6.78. The van der Waals surface area contributed by atoms with Crippen molar-refractivity contribution in [1.82, 2.24) is 0 Å². The summed E-state index contributed by atoms with van der Waals surface area (Å²) in [5.74, 6) is 0. The van der Waals surface area contributed by atoms with Gasteiger partial charge in [0, 0.05) is 0 Å². The van der Waals surface area contributed by atoms with Gasteiger partial charge in [-0.15, -0.1) is 0 Å². The molecule has 0 fully saturated rings. The van der Waals surface area contributed by atoms with E-state index < -0.39 is 0 Å². The molecule has 5 heavy (non-hydrogen) atoms. The third-order valence-corrected chi connectivity index (χ3v) is 1.65. The molecule has 0 spiro atoms. The number of hydrogen-bond donors (Lipinski definition) is 0. The molecule has 0 atom stereocenters. The van der Waals surface area contributed by atoms with Crippen molar-refractivity contribution in [3.05, 3.63) is 0 Å². The van der Waals surface area contributed by atoms with Gasteiger partial charge in [0.05, 0.1) is 0 Å². The van der Waals surface area contributed by atoms with Crippen LogP contribution in [0, 0.1) is 0 Å². The Bertz CT molecular complexity index is 11.1. The molecular weight excluding hydrogens is 229 g/mol. The molecule has 0 nitrogen and oxygen atoms in total. The van der Waals surface area contributed by atoms with Crippen LogP contribution in [-0.2, 0) is 21.1 Å². The molecule has 0 rings (SSSR count). The van der Waals surface area contributed by atoms with Crippen LogP contribution in [0.3, 0.4) is 0 Å². The average Bonchev–Trinajstić information content (AvgIpc) is 1.41. The van der Waals surface area contributed by atoms with E-state index >= 15 is 0 Å². The fourth-order valence-electron chi connectivity index (χ4n) is 0.158. The molecule has 0 amide bonds. The van der Waals surface area contributed by atoms with Crippen molar-refractivity contribution in [3.63, 3.8) is 0 Å². The SMILES string of the molecule is CCC[CH2][Ta]. The summed E-state index contributed by atoms with van der Waals surface area (Å²) in [5.41, 5.74) is 0. The van der Waals surface area contributed by atoms with Crippen LogP contribution >= 0.6 is 0 Å². The average molecular weight is 238 g/mol. The Kier molecular flexibility index (Phi) is 5.44. The number of hydrogen-bond acceptors (Lipinski definition) is 0. The van der Waals surface area contributed by atoms with Crippen LogP contribution in [0.1, 0.15) is 19.8 Å². The predicted octanol–water partition coefficient (Wildman–Crippen LogP) is 1.75. The molecule has 30 valence electrons. The van der Waals surface area contributed by atoms with Crippen molar-refractivity contribution >= 4 is 0 Å². The minimum absolute atomic E-state index is 1.37. The second-order valence-corrected chi connectivity index (χ2v) is 2.68. The predicted molar refractivity (Wildman–Crippen MR) is 19.7 cm³/mol. The first-order chi connectivity index (χ1) is 2.41. The van der Waals surface area contributed by atoms with Crippen molar-refractivity contribution < 1.29 is 21.1 Å². The van der Waals surface area contributed by atoms with Gasteiger partial charge in [0.1, 0.15) is 0 Å². The van der Waals surface area contributed by atoms with Gasteiger partial charge < -0.3 is 0 Å². The molecule has 0 aliphatic heterocycles. The fraction of sp³-hybridized carbons (Fsp3) is 1.00. The van der Waals surface area contributed by atoms with Gasteiger partial charge in [0.15, 0.2) is 0 Å².